The Bertz CT molecular complexity index is 508. The van der Waals surface area contributed by atoms with Gasteiger partial charge >= 0.3 is 5.97 Å². The van der Waals surface area contributed by atoms with Crippen molar-refractivity contribution in [3.8, 4) is 5.75 Å². The molecule has 5 heteroatoms. The summed E-state index contributed by atoms with van der Waals surface area (Å²) >= 11 is 0. The fraction of sp³-hybridized carbons (Fsp3) is 0.500. The highest BCUT2D eigenvalue weighted by Gasteiger charge is 2.10. The molecule has 1 aromatic rings. The van der Waals surface area contributed by atoms with Crippen LogP contribution in [0.5, 0.6) is 5.75 Å². The Morgan fingerprint density at radius 3 is 2.86 bits per heavy atom. The lowest BCUT2D eigenvalue weighted by Gasteiger charge is -2.26. The van der Waals surface area contributed by atoms with Crippen LogP contribution in [0.1, 0.15) is 30.7 Å². The molecular weight excluding hydrogens is 268 g/mol. The fourth-order valence-electron chi connectivity index (χ4n) is 2.42. The van der Waals surface area contributed by atoms with Gasteiger partial charge in [0.25, 0.3) is 0 Å². The van der Waals surface area contributed by atoms with Crippen molar-refractivity contribution in [2.75, 3.05) is 26.2 Å². The van der Waals surface area contributed by atoms with Gasteiger partial charge in [-0.3, -0.25) is 4.90 Å². The van der Waals surface area contributed by atoms with Crippen LogP contribution in [-0.4, -0.2) is 47.2 Å². The minimum absolute atomic E-state index is 0.566. The summed E-state index contributed by atoms with van der Waals surface area (Å²) in [6.07, 6.45) is 6.41. The molecule has 1 aliphatic heterocycles. The van der Waals surface area contributed by atoms with E-state index in [0.29, 0.717) is 18.1 Å². The lowest BCUT2D eigenvalue weighted by molar-refractivity contribution is -0.131. The number of aromatic nitrogens is 1. The Morgan fingerprint density at radius 2 is 2.14 bits per heavy atom. The third-order valence-electron chi connectivity index (χ3n) is 3.52. The van der Waals surface area contributed by atoms with E-state index in [0.717, 1.165) is 31.4 Å². The summed E-state index contributed by atoms with van der Waals surface area (Å²) in [6, 6.07) is 3.72. The summed E-state index contributed by atoms with van der Waals surface area (Å²) in [5.74, 6) is -0.354. The van der Waals surface area contributed by atoms with Crippen LogP contribution in [0.25, 0.3) is 6.08 Å². The first-order valence-corrected chi connectivity index (χ1v) is 7.39. The third kappa shape index (κ3) is 5.19. The number of pyridine rings is 1. The maximum Gasteiger partial charge on any atom is 0.328 e. The molecule has 0 unspecified atom stereocenters. The monoisotopic (exact) mass is 290 g/mol. The van der Waals surface area contributed by atoms with Crippen LogP contribution in [-0.2, 0) is 4.79 Å². The van der Waals surface area contributed by atoms with Crippen molar-refractivity contribution in [1.82, 2.24) is 9.88 Å². The molecule has 0 spiro atoms. The molecule has 5 nitrogen and oxygen atoms in total. The fourth-order valence-corrected chi connectivity index (χ4v) is 2.42. The number of hydrogen-bond acceptors (Lipinski definition) is 4. The number of nitrogens with zero attached hydrogens (tertiary/aromatic N) is 2. The number of rotatable bonds is 6. The van der Waals surface area contributed by atoms with Crippen molar-refractivity contribution in [1.29, 1.82) is 0 Å². The van der Waals surface area contributed by atoms with Gasteiger partial charge in [0, 0.05) is 18.3 Å². The van der Waals surface area contributed by atoms with Crippen LogP contribution in [0.2, 0.25) is 0 Å². The molecule has 2 rings (SSSR count). The van der Waals surface area contributed by atoms with E-state index in [2.05, 4.69) is 9.88 Å². The van der Waals surface area contributed by atoms with Crippen molar-refractivity contribution < 1.29 is 14.6 Å². The number of ether oxygens (including phenoxy) is 1. The molecule has 1 saturated heterocycles. The molecule has 0 saturated carbocycles. The molecule has 1 N–H and O–H groups in total. The number of hydrogen-bond donors (Lipinski definition) is 1. The quantitative estimate of drug-likeness (QED) is 0.815. The van der Waals surface area contributed by atoms with E-state index in [1.807, 2.05) is 19.1 Å². The second-order valence-electron chi connectivity index (χ2n) is 5.26. The van der Waals surface area contributed by atoms with E-state index in [-0.39, 0.29) is 0 Å². The van der Waals surface area contributed by atoms with E-state index >= 15 is 0 Å². The van der Waals surface area contributed by atoms with Gasteiger partial charge in [-0.1, -0.05) is 6.42 Å². The maximum atomic E-state index is 10.6. The van der Waals surface area contributed by atoms with Gasteiger partial charge in [-0.2, -0.15) is 0 Å². The highest BCUT2D eigenvalue weighted by molar-refractivity contribution is 5.85. The van der Waals surface area contributed by atoms with Gasteiger partial charge in [-0.25, -0.2) is 9.78 Å². The molecule has 1 fully saturated rings. The van der Waals surface area contributed by atoms with Crippen molar-refractivity contribution in [3.63, 3.8) is 0 Å². The van der Waals surface area contributed by atoms with Crippen LogP contribution in [0.15, 0.2) is 18.2 Å². The summed E-state index contributed by atoms with van der Waals surface area (Å²) in [5, 5.41) is 8.72. The molecule has 1 aromatic heterocycles. The molecule has 0 radical (unpaired) electrons. The molecule has 0 aromatic carbocycles. The van der Waals surface area contributed by atoms with Crippen LogP contribution in [0, 0.1) is 6.92 Å². The van der Waals surface area contributed by atoms with Gasteiger partial charge in [0.05, 0.1) is 0 Å². The van der Waals surface area contributed by atoms with Gasteiger partial charge in [0.2, 0.25) is 0 Å². The number of carboxylic acid groups (broad SMARTS) is 1. The molecule has 0 amide bonds. The Morgan fingerprint density at radius 1 is 1.38 bits per heavy atom. The van der Waals surface area contributed by atoms with Crippen LogP contribution in [0.3, 0.4) is 0 Å². The second kappa shape index (κ2) is 7.78. The highest BCUT2D eigenvalue weighted by atomic mass is 16.5. The molecule has 21 heavy (non-hydrogen) atoms. The van der Waals surface area contributed by atoms with E-state index in [1.54, 1.807) is 0 Å². The molecule has 1 aliphatic rings. The molecule has 0 bridgehead atoms. The van der Waals surface area contributed by atoms with Crippen molar-refractivity contribution in [2.45, 2.75) is 26.2 Å². The number of likely N-dealkylation sites (tertiary alicyclic amines) is 1. The minimum Gasteiger partial charge on any atom is -0.490 e. The standard InChI is InChI=1S/C16H22N2O3/c1-13-5-7-15(14(17-13)6-8-16(19)20)21-12-11-18-9-3-2-4-10-18/h5-8H,2-4,9-12H2,1H3,(H,19,20). The van der Waals surface area contributed by atoms with Gasteiger partial charge in [-0.15, -0.1) is 0 Å². The third-order valence-corrected chi connectivity index (χ3v) is 3.52. The van der Waals surface area contributed by atoms with Crippen molar-refractivity contribution in [2.24, 2.45) is 0 Å². The Balaban J connectivity index is 1.93. The number of aryl methyl sites for hydroxylation is 1. The summed E-state index contributed by atoms with van der Waals surface area (Å²) in [5.41, 5.74) is 1.40. The Kier molecular flexibility index (Phi) is 5.75. The maximum absolute atomic E-state index is 10.6. The zero-order valence-corrected chi connectivity index (χ0v) is 12.4. The number of piperidine rings is 1. The molecule has 114 valence electrons. The van der Waals surface area contributed by atoms with Gasteiger partial charge in [0.15, 0.2) is 0 Å². The SMILES string of the molecule is Cc1ccc(OCCN2CCCCC2)c(C=CC(=O)O)n1. The van der Waals surface area contributed by atoms with Crippen molar-refractivity contribution >= 4 is 12.0 Å². The molecular formula is C16H22N2O3. The zero-order chi connectivity index (χ0) is 15.1. The van der Waals surface area contributed by atoms with Crippen LogP contribution < -0.4 is 4.74 Å². The predicted octanol–water partition coefficient (Wildman–Crippen LogP) is 2.35. The second-order valence-corrected chi connectivity index (χ2v) is 5.26. The number of carboxylic acids is 1. The molecule has 0 aliphatic carbocycles. The molecule has 0 atom stereocenters. The Labute approximate surface area is 125 Å². The topological polar surface area (TPSA) is 62.7 Å². The minimum atomic E-state index is -0.988. The summed E-state index contributed by atoms with van der Waals surface area (Å²) in [6.45, 7) is 5.65. The summed E-state index contributed by atoms with van der Waals surface area (Å²) < 4.78 is 5.78. The zero-order valence-electron chi connectivity index (χ0n) is 12.4. The largest absolute Gasteiger partial charge is 0.490 e. The Hall–Kier alpha value is -1.88. The smallest absolute Gasteiger partial charge is 0.328 e. The highest BCUT2D eigenvalue weighted by Crippen LogP contribution is 2.18. The number of aliphatic carboxylic acids is 1. The van der Waals surface area contributed by atoms with Crippen LogP contribution in [0.4, 0.5) is 0 Å². The average molecular weight is 290 g/mol. The van der Waals surface area contributed by atoms with Crippen LogP contribution >= 0.6 is 0 Å². The van der Waals surface area contributed by atoms with Gasteiger partial charge < -0.3 is 9.84 Å². The first-order chi connectivity index (χ1) is 10.1. The number of carbonyl (C=O) groups is 1. The lowest BCUT2D eigenvalue weighted by atomic mass is 10.1. The van der Waals surface area contributed by atoms with Crippen molar-refractivity contribution in [3.05, 3.63) is 29.6 Å². The lowest BCUT2D eigenvalue weighted by Crippen LogP contribution is -2.33. The normalized spacial score (nSPS) is 16.2. The summed E-state index contributed by atoms with van der Waals surface area (Å²) in [4.78, 5) is 17.3. The van der Waals surface area contributed by atoms with E-state index in [9.17, 15) is 4.79 Å². The van der Waals surface area contributed by atoms with E-state index in [1.165, 1.54) is 25.3 Å². The average Bonchev–Trinajstić information content (AvgIpc) is 2.48. The van der Waals surface area contributed by atoms with Gasteiger partial charge in [0.1, 0.15) is 18.1 Å². The summed E-state index contributed by atoms with van der Waals surface area (Å²) in [7, 11) is 0. The van der Waals surface area contributed by atoms with E-state index < -0.39 is 5.97 Å². The van der Waals surface area contributed by atoms with Gasteiger partial charge in [-0.05, 0) is 51.1 Å². The molecule has 2 heterocycles. The predicted molar refractivity (Wildman–Crippen MR) is 81.4 cm³/mol. The first-order valence-electron chi connectivity index (χ1n) is 7.39. The van der Waals surface area contributed by atoms with E-state index in [4.69, 9.17) is 9.84 Å². The first kappa shape index (κ1) is 15.5.